The number of halogens is 4. The molecule has 1 aliphatic heterocycles. The minimum atomic E-state index is -4.13. The first-order valence-electron chi connectivity index (χ1n) is 9.91. The molecule has 0 spiro atoms. The molecule has 0 amide bonds. The molecule has 1 fully saturated rings. The number of nitrogens with zero attached hydrogens (tertiary/aromatic N) is 2. The summed E-state index contributed by atoms with van der Waals surface area (Å²) in [5.74, 6) is 0.835. The standard InChI is InChI=1S/C20H30F4N4O/c1-15(29-18-6-4-3-5-17(18)21)13-27-19(25-2)26-10-7-16-8-11-28(12-9-16)14-20(22,23)24/h3-6,15-16H,7-14H2,1-2H3,(H2,25,26,27). The summed E-state index contributed by atoms with van der Waals surface area (Å²) in [5.41, 5.74) is 0. The van der Waals surface area contributed by atoms with Crippen molar-refractivity contribution < 1.29 is 22.3 Å². The van der Waals surface area contributed by atoms with Crippen LogP contribution in [0.2, 0.25) is 0 Å². The first kappa shape index (κ1) is 23.3. The highest BCUT2D eigenvalue weighted by molar-refractivity contribution is 5.79. The lowest BCUT2D eigenvalue weighted by atomic mass is 9.93. The van der Waals surface area contributed by atoms with Crippen molar-refractivity contribution in [1.82, 2.24) is 15.5 Å². The lowest BCUT2D eigenvalue weighted by Gasteiger charge is -2.32. The van der Waals surface area contributed by atoms with E-state index in [1.165, 1.54) is 11.0 Å². The highest BCUT2D eigenvalue weighted by atomic mass is 19.4. The van der Waals surface area contributed by atoms with Gasteiger partial charge >= 0.3 is 6.18 Å². The molecule has 1 aliphatic rings. The zero-order valence-electron chi connectivity index (χ0n) is 16.9. The van der Waals surface area contributed by atoms with E-state index in [9.17, 15) is 17.6 Å². The molecular weight excluding hydrogens is 388 g/mol. The summed E-state index contributed by atoms with van der Waals surface area (Å²) < 4.78 is 56.5. The third-order valence-corrected chi connectivity index (χ3v) is 4.90. The molecule has 1 aromatic carbocycles. The van der Waals surface area contributed by atoms with Crippen LogP contribution in [0.4, 0.5) is 17.6 Å². The Morgan fingerprint density at radius 1 is 1.24 bits per heavy atom. The SMILES string of the molecule is CN=C(NCCC1CCN(CC(F)(F)F)CC1)NCC(C)Oc1ccccc1F. The average molecular weight is 418 g/mol. The fraction of sp³-hybridized carbons (Fsp3) is 0.650. The number of rotatable bonds is 8. The number of aliphatic imine (C=N–C) groups is 1. The van der Waals surface area contributed by atoms with Gasteiger partial charge in [-0.2, -0.15) is 13.2 Å². The van der Waals surface area contributed by atoms with Crippen LogP contribution in [-0.4, -0.2) is 62.9 Å². The van der Waals surface area contributed by atoms with E-state index in [0.717, 1.165) is 19.3 Å². The second kappa shape index (κ2) is 11.2. The molecule has 0 aliphatic carbocycles. The van der Waals surface area contributed by atoms with Gasteiger partial charge in [-0.3, -0.25) is 9.89 Å². The first-order valence-corrected chi connectivity index (χ1v) is 9.91. The molecule has 0 aromatic heterocycles. The van der Waals surface area contributed by atoms with E-state index < -0.39 is 18.5 Å². The molecule has 29 heavy (non-hydrogen) atoms. The minimum Gasteiger partial charge on any atom is -0.486 e. The Bertz CT molecular complexity index is 646. The van der Waals surface area contributed by atoms with Crippen molar-refractivity contribution in [3.05, 3.63) is 30.1 Å². The zero-order valence-corrected chi connectivity index (χ0v) is 16.9. The monoisotopic (exact) mass is 418 g/mol. The Balaban J connectivity index is 1.62. The Kier molecular flexibility index (Phi) is 9.00. The molecular formula is C20H30F4N4O. The van der Waals surface area contributed by atoms with Gasteiger partial charge in [0.2, 0.25) is 0 Å². The van der Waals surface area contributed by atoms with E-state index in [0.29, 0.717) is 38.1 Å². The number of benzene rings is 1. The van der Waals surface area contributed by atoms with Crippen LogP contribution in [0, 0.1) is 11.7 Å². The zero-order chi connectivity index (χ0) is 21.3. The number of likely N-dealkylation sites (tertiary alicyclic amines) is 1. The van der Waals surface area contributed by atoms with Crippen molar-refractivity contribution >= 4 is 5.96 Å². The van der Waals surface area contributed by atoms with E-state index in [-0.39, 0.29) is 11.9 Å². The number of piperidine rings is 1. The third kappa shape index (κ3) is 8.89. The van der Waals surface area contributed by atoms with E-state index in [1.54, 1.807) is 25.2 Å². The fourth-order valence-corrected chi connectivity index (χ4v) is 3.34. The van der Waals surface area contributed by atoms with Crippen LogP contribution < -0.4 is 15.4 Å². The number of alkyl halides is 3. The maximum Gasteiger partial charge on any atom is 0.401 e. The van der Waals surface area contributed by atoms with Gasteiger partial charge in [0.05, 0.1) is 13.1 Å². The molecule has 2 rings (SSSR count). The predicted octanol–water partition coefficient (Wildman–Crippen LogP) is 3.42. The van der Waals surface area contributed by atoms with Gasteiger partial charge in [-0.1, -0.05) is 12.1 Å². The average Bonchev–Trinajstić information content (AvgIpc) is 2.66. The fourth-order valence-electron chi connectivity index (χ4n) is 3.34. The van der Waals surface area contributed by atoms with Gasteiger partial charge in [-0.15, -0.1) is 0 Å². The maximum atomic E-state index is 13.6. The van der Waals surface area contributed by atoms with Crippen LogP contribution in [0.1, 0.15) is 26.2 Å². The quantitative estimate of drug-likeness (QED) is 0.386. The minimum absolute atomic E-state index is 0.210. The van der Waals surface area contributed by atoms with Crippen molar-refractivity contribution in [2.24, 2.45) is 10.9 Å². The van der Waals surface area contributed by atoms with Gasteiger partial charge < -0.3 is 15.4 Å². The molecule has 1 heterocycles. The van der Waals surface area contributed by atoms with Crippen molar-refractivity contribution in [2.45, 2.75) is 38.5 Å². The molecule has 164 valence electrons. The van der Waals surface area contributed by atoms with Gasteiger partial charge in [0.15, 0.2) is 17.5 Å². The Hall–Kier alpha value is -2.03. The summed E-state index contributed by atoms with van der Waals surface area (Å²) in [6.45, 7) is 3.13. The van der Waals surface area contributed by atoms with Gasteiger partial charge in [0, 0.05) is 13.6 Å². The topological polar surface area (TPSA) is 48.9 Å². The molecule has 1 saturated heterocycles. The molecule has 0 radical (unpaired) electrons. The van der Waals surface area contributed by atoms with Crippen molar-refractivity contribution in [3.63, 3.8) is 0 Å². The van der Waals surface area contributed by atoms with Gasteiger partial charge in [-0.25, -0.2) is 4.39 Å². The summed E-state index contributed by atoms with van der Waals surface area (Å²) in [4.78, 5) is 5.62. The van der Waals surface area contributed by atoms with E-state index in [2.05, 4.69) is 15.6 Å². The Morgan fingerprint density at radius 2 is 1.93 bits per heavy atom. The summed E-state index contributed by atoms with van der Waals surface area (Å²) in [6.07, 6.45) is -1.96. The van der Waals surface area contributed by atoms with Gasteiger partial charge in [0.25, 0.3) is 0 Å². The van der Waals surface area contributed by atoms with Gasteiger partial charge in [0.1, 0.15) is 6.10 Å². The number of para-hydroxylation sites is 1. The predicted molar refractivity (Wildman–Crippen MR) is 106 cm³/mol. The molecule has 0 bridgehead atoms. The summed E-state index contributed by atoms with van der Waals surface area (Å²) >= 11 is 0. The van der Waals surface area contributed by atoms with Crippen LogP contribution >= 0.6 is 0 Å². The van der Waals surface area contributed by atoms with Crippen molar-refractivity contribution in [3.8, 4) is 5.75 Å². The normalized spacial score (nSPS) is 17.8. The molecule has 0 saturated carbocycles. The summed E-state index contributed by atoms with van der Waals surface area (Å²) in [5, 5.41) is 6.35. The van der Waals surface area contributed by atoms with Crippen LogP contribution in [0.5, 0.6) is 5.75 Å². The highest BCUT2D eigenvalue weighted by Crippen LogP contribution is 2.24. The smallest absolute Gasteiger partial charge is 0.401 e. The molecule has 2 N–H and O–H groups in total. The second-order valence-electron chi connectivity index (χ2n) is 7.36. The van der Waals surface area contributed by atoms with Crippen molar-refractivity contribution in [1.29, 1.82) is 0 Å². The molecule has 1 aromatic rings. The van der Waals surface area contributed by atoms with Crippen molar-refractivity contribution in [2.75, 3.05) is 39.8 Å². The Labute approximate surface area is 169 Å². The van der Waals surface area contributed by atoms with Crippen LogP contribution in [-0.2, 0) is 0 Å². The highest BCUT2D eigenvalue weighted by Gasteiger charge is 2.32. The number of hydrogen-bond donors (Lipinski definition) is 2. The summed E-state index contributed by atoms with van der Waals surface area (Å²) in [7, 11) is 1.66. The maximum absolute atomic E-state index is 13.6. The lowest BCUT2D eigenvalue weighted by molar-refractivity contribution is -0.148. The molecule has 1 atom stereocenters. The van der Waals surface area contributed by atoms with Crippen LogP contribution in [0.15, 0.2) is 29.3 Å². The number of guanidine groups is 1. The number of ether oxygens (including phenoxy) is 1. The number of hydrogen-bond acceptors (Lipinski definition) is 3. The van der Waals surface area contributed by atoms with Gasteiger partial charge in [-0.05, 0) is 57.3 Å². The second-order valence-corrected chi connectivity index (χ2v) is 7.36. The molecule has 9 heteroatoms. The summed E-state index contributed by atoms with van der Waals surface area (Å²) in [6, 6.07) is 6.26. The first-order chi connectivity index (χ1) is 13.8. The Morgan fingerprint density at radius 3 is 2.55 bits per heavy atom. The van der Waals surface area contributed by atoms with Crippen LogP contribution in [0.25, 0.3) is 0 Å². The third-order valence-electron chi connectivity index (χ3n) is 4.90. The lowest BCUT2D eigenvalue weighted by Crippen LogP contribution is -2.43. The molecule has 1 unspecified atom stereocenters. The van der Waals surface area contributed by atoms with E-state index in [1.807, 2.05) is 6.92 Å². The molecule has 5 nitrogen and oxygen atoms in total. The van der Waals surface area contributed by atoms with E-state index in [4.69, 9.17) is 4.74 Å². The number of nitrogens with one attached hydrogen (secondary N) is 2. The van der Waals surface area contributed by atoms with E-state index >= 15 is 0 Å². The van der Waals surface area contributed by atoms with Crippen LogP contribution in [0.3, 0.4) is 0 Å². The largest absolute Gasteiger partial charge is 0.486 e.